The first kappa shape index (κ1) is 20.2. The molecule has 1 aliphatic rings. The Balaban J connectivity index is 1.65. The molecule has 10 nitrogen and oxygen atoms in total. The summed E-state index contributed by atoms with van der Waals surface area (Å²) in [5.74, 6) is -2.40. The highest BCUT2D eigenvalue weighted by Crippen LogP contribution is 2.20. The summed E-state index contributed by atoms with van der Waals surface area (Å²) >= 11 is 0. The van der Waals surface area contributed by atoms with E-state index < -0.39 is 35.5 Å². The summed E-state index contributed by atoms with van der Waals surface area (Å²) in [6, 6.07) is 7.91. The van der Waals surface area contributed by atoms with Gasteiger partial charge in [0, 0.05) is 18.9 Å². The molecular weight excluding hydrogens is 378 g/mol. The Morgan fingerprint density at radius 2 is 2.03 bits per heavy atom. The van der Waals surface area contributed by atoms with Crippen LogP contribution in [0.15, 0.2) is 36.7 Å². The zero-order chi connectivity index (χ0) is 20.6. The molecule has 2 unspecified atom stereocenters. The van der Waals surface area contributed by atoms with Crippen LogP contribution in [-0.2, 0) is 25.7 Å². The molecule has 1 aromatic heterocycles. The Kier molecular flexibility index (Phi) is 6.67. The van der Waals surface area contributed by atoms with Crippen molar-refractivity contribution in [2.24, 2.45) is 5.92 Å². The minimum atomic E-state index is -1.17. The van der Waals surface area contributed by atoms with E-state index in [4.69, 9.17) is 4.74 Å². The van der Waals surface area contributed by atoms with Crippen LogP contribution >= 0.6 is 0 Å². The topological polar surface area (TPSA) is 143 Å². The van der Waals surface area contributed by atoms with E-state index in [0.717, 1.165) is 5.56 Å². The van der Waals surface area contributed by atoms with E-state index in [2.05, 4.69) is 25.8 Å². The lowest BCUT2D eigenvalue weighted by Gasteiger charge is -2.18. The fraction of sp³-hybridized carbons (Fsp3) is 0.368. The number of hydrogen-bond donors (Lipinski definition) is 3. The molecule has 0 bridgehead atoms. The molecule has 0 radical (unpaired) electrons. The van der Waals surface area contributed by atoms with Gasteiger partial charge in [0.05, 0.1) is 0 Å². The molecule has 2 atom stereocenters. The van der Waals surface area contributed by atoms with Crippen LogP contribution in [0.2, 0.25) is 0 Å². The zero-order valence-corrected chi connectivity index (χ0v) is 15.6. The molecule has 0 aliphatic carbocycles. The van der Waals surface area contributed by atoms with Crippen molar-refractivity contribution in [3.05, 3.63) is 48.0 Å². The monoisotopic (exact) mass is 399 g/mol. The Bertz CT molecular complexity index is 868. The van der Waals surface area contributed by atoms with Crippen LogP contribution in [-0.4, -0.2) is 45.3 Å². The maximum absolute atomic E-state index is 12.8. The summed E-state index contributed by atoms with van der Waals surface area (Å²) in [5, 5.41) is 11.2. The first-order valence-electron chi connectivity index (χ1n) is 9.22. The highest BCUT2D eigenvalue weighted by Gasteiger charge is 2.33. The number of nitrogens with zero attached hydrogens (tertiary/aromatic N) is 2. The number of carbonyl (C=O) groups excluding carboxylic acids is 4. The van der Waals surface area contributed by atoms with Gasteiger partial charge in [-0.05, 0) is 18.4 Å². The van der Waals surface area contributed by atoms with Crippen molar-refractivity contribution in [3.63, 3.8) is 0 Å². The van der Waals surface area contributed by atoms with Crippen molar-refractivity contribution < 1.29 is 23.9 Å². The minimum Gasteiger partial charge on any atom is -0.445 e. The maximum Gasteiger partial charge on any atom is 0.408 e. The van der Waals surface area contributed by atoms with Crippen LogP contribution in [0.1, 0.15) is 36.7 Å². The fourth-order valence-electron chi connectivity index (χ4n) is 3.05. The second-order valence-electron chi connectivity index (χ2n) is 6.64. The van der Waals surface area contributed by atoms with Crippen molar-refractivity contribution in [1.29, 1.82) is 0 Å². The number of amides is 2. The molecule has 1 fully saturated rings. The molecular formula is C19H21N5O5. The molecule has 2 amide bonds. The molecule has 0 saturated carbocycles. The summed E-state index contributed by atoms with van der Waals surface area (Å²) in [7, 11) is 0. The number of alkyl carbamates (subject to hydrolysis) is 1. The average Bonchev–Trinajstić information content (AvgIpc) is 3.22. The van der Waals surface area contributed by atoms with Crippen LogP contribution < -0.4 is 10.6 Å². The molecule has 1 aromatic carbocycles. The summed E-state index contributed by atoms with van der Waals surface area (Å²) < 4.78 is 5.16. The number of benzene rings is 1. The van der Waals surface area contributed by atoms with Crippen molar-refractivity contribution in [2.75, 3.05) is 6.54 Å². The first-order chi connectivity index (χ1) is 14.0. The third-order valence-corrected chi connectivity index (χ3v) is 4.56. The number of Topliss-reactive ketones (excluding diaryl/α,β-unsaturated/α-hetero) is 2. The van der Waals surface area contributed by atoms with E-state index >= 15 is 0 Å². The van der Waals surface area contributed by atoms with E-state index in [1.54, 1.807) is 12.1 Å². The van der Waals surface area contributed by atoms with Gasteiger partial charge in [0.25, 0.3) is 5.91 Å². The van der Waals surface area contributed by atoms with E-state index in [-0.39, 0.29) is 18.9 Å². The molecule has 3 N–H and O–H groups in total. The number of aromatic amines is 1. The second kappa shape index (κ2) is 9.58. The van der Waals surface area contributed by atoms with E-state index in [0.29, 0.717) is 19.4 Å². The Morgan fingerprint density at radius 1 is 1.24 bits per heavy atom. The molecule has 1 saturated heterocycles. The van der Waals surface area contributed by atoms with Gasteiger partial charge in [-0.3, -0.25) is 19.5 Å². The van der Waals surface area contributed by atoms with Crippen molar-refractivity contribution >= 4 is 23.6 Å². The third kappa shape index (κ3) is 5.47. The van der Waals surface area contributed by atoms with E-state index in [9.17, 15) is 19.2 Å². The zero-order valence-electron chi connectivity index (χ0n) is 15.6. The number of hydrogen-bond acceptors (Lipinski definition) is 7. The summed E-state index contributed by atoms with van der Waals surface area (Å²) in [5.41, 5.74) is 0.792. The highest BCUT2D eigenvalue weighted by atomic mass is 16.5. The maximum atomic E-state index is 12.8. The number of nitrogens with one attached hydrogen (secondary N) is 3. The van der Waals surface area contributed by atoms with Crippen LogP contribution in [0.25, 0.3) is 0 Å². The number of ketones is 2. The van der Waals surface area contributed by atoms with Gasteiger partial charge in [0.2, 0.25) is 5.78 Å². The van der Waals surface area contributed by atoms with Crippen LogP contribution in [0.4, 0.5) is 4.79 Å². The number of ether oxygens (including phenoxy) is 1. The van der Waals surface area contributed by atoms with Gasteiger partial charge in [0.15, 0.2) is 17.6 Å². The van der Waals surface area contributed by atoms with Gasteiger partial charge in [-0.1, -0.05) is 30.3 Å². The fourth-order valence-corrected chi connectivity index (χ4v) is 3.05. The van der Waals surface area contributed by atoms with Crippen molar-refractivity contribution in [3.8, 4) is 0 Å². The number of rotatable bonds is 7. The standard InChI is InChI=1S/C19H21N5O5/c25-14(9-13-7-4-8-20-18(27)16(13)26)15(17-21-11-22-24-17)23-19(28)29-10-12-5-2-1-3-6-12/h1-3,5-6,11,13,15H,4,7-10H2,(H,20,27)(H,23,28)(H,21,22,24). The number of aromatic nitrogens is 3. The summed E-state index contributed by atoms with van der Waals surface area (Å²) in [6.07, 6.45) is 1.20. The molecule has 1 aliphatic heterocycles. The Labute approximate surface area is 166 Å². The molecule has 29 heavy (non-hydrogen) atoms. The van der Waals surface area contributed by atoms with Gasteiger partial charge in [-0.2, -0.15) is 5.10 Å². The summed E-state index contributed by atoms with van der Waals surface area (Å²) in [6.45, 7) is 0.427. The average molecular weight is 399 g/mol. The van der Waals surface area contributed by atoms with Crippen LogP contribution in [0.3, 0.4) is 0 Å². The van der Waals surface area contributed by atoms with Gasteiger partial charge in [-0.15, -0.1) is 0 Å². The second-order valence-corrected chi connectivity index (χ2v) is 6.64. The van der Waals surface area contributed by atoms with Gasteiger partial charge < -0.3 is 15.4 Å². The predicted octanol–water partition coefficient (Wildman–Crippen LogP) is 0.827. The molecule has 10 heteroatoms. The largest absolute Gasteiger partial charge is 0.445 e. The minimum absolute atomic E-state index is 0.0330. The summed E-state index contributed by atoms with van der Waals surface area (Å²) in [4.78, 5) is 52.9. The molecule has 152 valence electrons. The number of carbonyl (C=O) groups is 4. The smallest absolute Gasteiger partial charge is 0.408 e. The third-order valence-electron chi connectivity index (χ3n) is 4.56. The first-order valence-corrected chi connectivity index (χ1v) is 9.22. The lowest BCUT2D eigenvalue weighted by molar-refractivity contribution is -0.140. The SMILES string of the molecule is O=C(NC(C(=O)CC1CCCNC(=O)C1=O)c1ncn[nH]1)OCc1ccccc1. The molecule has 2 heterocycles. The van der Waals surface area contributed by atoms with Crippen molar-refractivity contribution in [1.82, 2.24) is 25.8 Å². The normalized spacial score (nSPS) is 17.7. The molecule has 0 spiro atoms. The highest BCUT2D eigenvalue weighted by molar-refractivity contribution is 6.37. The Hall–Kier alpha value is -3.56. The van der Waals surface area contributed by atoms with Crippen LogP contribution in [0, 0.1) is 5.92 Å². The van der Waals surface area contributed by atoms with Gasteiger partial charge >= 0.3 is 6.09 Å². The lowest BCUT2D eigenvalue weighted by Crippen LogP contribution is -2.38. The van der Waals surface area contributed by atoms with E-state index in [1.165, 1.54) is 6.33 Å². The Morgan fingerprint density at radius 3 is 2.76 bits per heavy atom. The van der Waals surface area contributed by atoms with Gasteiger partial charge in [-0.25, -0.2) is 9.78 Å². The quantitative estimate of drug-likeness (QED) is 0.585. The lowest BCUT2D eigenvalue weighted by atomic mass is 9.91. The van der Waals surface area contributed by atoms with Gasteiger partial charge in [0.1, 0.15) is 12.9 Å². The molecule has 2 aromatic rings. The predicted molar refractivity (Wildman–Crippen MR) is 99.3 cm³/mol. The van der Waals surface area contributed by atoms with Crippen molar-refractivity contribution in [2.45, 2.75) is 31.9 Å². The number of H-pyrrole nitrogens is 1. The molecule has 3 rings (SSSR count). The van der Waals surface area contributed by atoms with Crippen LogP contribution in [0.5, 0.6) is 0 Å². The van der Waals surface area contributed by atoms with E-state index in [1.807, 2.05) is 18.2 Å².